The van der Waals surface area contributed by atoms with E-state index in [0.717, 1.165) is 6.54 Å². The fourth-order valence-corrected chi connectivity index (χ4v) is 0.828. The highest BCUT2D eigenvalue weighted by molar-refractivity contribution is 5.77. The third kappa shape index (κ3) is 9.48. The van der Waals surface area contributed by atoms with Crippen molar-refractivity contribution in [2.45, 2.75) is 20.8 Å². The molecule has 0 fully saturated rings. The SMILES string of the molecule is CNCCNC(=O)COCC(C)(C)C. The van der Waals surface area contributed by atoms with Gasteiger partial charge in [0.1, 0.15) is 6.61 Å². The number of carbonyl (C=O) groups is 1. The van der Waals surface area contributed by atoms with Gasteiger partial charge in [-0.2, -0.15) is 0 Å². The maximum absolute atomic E-state index is 11.1. The Labute approximate surface area is 86.4 Å². The zero-order valence-electron chi connectivity index (χ0n) is 9.64. The Bertz CT molecular complexity index is 164. The molecule has 0 saturated heterocycles. The number of nitrogens with one attached hydrogen (secondary N) is 2. The summed E-state index contributed by atoms with van der Waals surface area (Å²) in [6.07, 6.45) is 0. The average molecular weight is 202 g/mol. The van der Waals surface area contributed by atoms with E-state index in [1.807, 2.05) is 7.05 Å². The van der Waals surface area contributed by atoms with Gasteiger partial charge in [-0.3, -0.25) is 4.79 Å². The molecule has 0 aliphatic heterocycles. The molecule has 0 aliphatic carbocycles. The lowest BCUT2D eigenvalue weighted by molar-refractivity contribution is -0.126. The van der Waals surface area contributed by atoms with Crippen molar-refractivity contribution in [1.29, 1.82) is 0 Å². The van der Waals surface area contributed by atoms with E-state index in [0.29, 0.717) is 13.2 Å². The molecule has 14 heavy (non-hydrogen) atoms. The van der Waals surface area contributed by atoms with Gasteiger partial charge in [0, 0.05) is 13.1 Å². The molecule has 4 nitrogen and oxygen atoms in total. The second-order valence-electron chi connectivity index (χ2n) is 4.51. The predicted octanol–water partition coefficient (Wildman–Crippen LogP) is 0.385. The predicted molar refractivity (Wildman–Crippen MR) is 57.2 cm³/mol. The summed E-state index contributed by atoms with van der Waals surface area (Å²) >= 11 is 0. The van der Waals surface area contributed by atoms with Gasteiger partial charge >= 0.3 is 0 Å². The Morgan fingerprint density at radius 2 is 1.93 bits per heavy atom. The molecule has 4 heteroatoms. The number of hydrogen-bond acceptors (Lipinski definition) is 3. The van der Waals surface area contributed by atoms with Crippen LogP contribution < -0.4 is 10.6 Å². The summed E-state index contributed by atoms with van der Waals surface area (Å²) < 4.78 is 5.26. The summed E-state index contributed by atoms with van der Waals surface area (Å²) in [7, 11) is 1.85. The molecule has 0 saturated carbocycles. The molecule has 0 radical (unpaired) electrons. The molecule has 2 N–H and O–H groups in total. The normalized spacial score (nSPS) is 11.4. The number of ether oxygens (including phenoxy) is 1. The highest BCUT2D eigenvalue weighted by Crippen LogP contribution is 2.12. The van der Waals surface area contributed by atoms with Crippen LogP contribution in [0, 0.1) is 5.41 Å². The Morgan fingerprint density at radius 1 is 1.29 bits per heavy atom. The van der Waals surface area contributed by atoms with Crippen molar-refractivity contribution in [2.75, 3.05) is 33.4 Å². The minimum absolute atomic E-state index is 0.0514. The van der Waals surface area contributed by atoms with E-state index in [1.165, 1.54) is 0 Å². The maximum Gasteiger partial charge on any atom is 0.246 e. The molecular formula is C10H22N2O2. The molecule has 0 aliphatic rings. The summed E-state index contributed by atoms with van der Waals surface area (Å²) in [5, 5.41) is 5.69. The molecule has 0 unspecified atom stereocenters. The number of carbonyl (C=O) groups excluding carboxylic acids is 1. The first-order valence-electron chi connectivity index (χ1n) is 4.95. The highest BCUT2D eigenvalue weighted by atomic mass is 16.5. The van der Waals surface area contributed by atoms with Gasteiger partial charge in [-0.1, -0.05) is 20.8 Å². The van der Waals surface area contributed by atoms with Gasteiger partial charge in [0.2, 0.25) is 5.91 Å². The smallest absolute Gasteiger partial charge is 0.246 e. The molecule has 0 spiro atoms. The van der Waals surface area contributed by atoms with Crippen LogP contribution in [0.1, 0.15) is 20.8 Å². The molecule has 0 heterocycles. The lowest BCUT2D eigenvalue weighted by Gasteiger charge is -2.17. The van der Waals surface area contributed by atoms with Crippen LogP contribution in [0.4, 0.5) is 0 Å². The molecule has 0 bridgehead atoms. The van der Waals surface area contributed by atoms with Gasteiger partial charge in [0.05, 0.1) is 6.61 Å². The van der Waals surface area contributed by atoms with Gasteiger partial charge < -0.3 is 15.4 Å². The van der Waals surface area contributed by atoms with Gasteiger partial charge in [-0.05, 0) is 12.5 Å². The third-order valence-corrected chi connectivity index (χ3v) is 1.47. The zero-order chi connectivity index (χ0) is 11.0. The number of amides is 1. The summed E-state index contributed by atoms with van der Waals surface area (Å²) in [6, 6.07) is 0. The second-order valence-corrected chi connectivity index (χ2v) is 4.51. The fourth-order valence-electron chi connectivity index (χ4n) is 0.828. The van der Waals surface area contributed by atoms with Crippen molar-refractivity contribution in [2.24, 2.45) is 5.41 Å². The van der Waals surface area contributed by atoms with Crippen LogP contribution >= 0.6 is 0 Å². The van der Waals surface area contributed by atoms with Crippen LogP contribution in [0.2, 0.25) is 0 Å². The van der Waals surface area contributed by atoms with Crippen molar-refractivity contribution in [1.82, 2.24) is 10.6 Å². The molecule has 1 amide bonds. The van der Waals surface area contributed by atoms with E-state index in [1.54, 1.807) is 0 Å². The van der Waals surface area contributed by atoms with Crippen molar-refractivity contribution < 1.29 is 9.53 Å². The quantitative estimate of drug-likeness (QED) is 0.612. The molecule has 0 aromatic heterocycles. The van der Waals surface area contributed by atoms with Crippen LogP contribution in [0.25, 0.3) is 0 Å². The van der Waals surface area contributed by atoms with Gasteiger partial charge in [0.25, 0.3) is 0 Å². The summed E-state index contributed by atoms with van der Waals surface area (Å²) in [5.74, 6) is -0.0514. The maximum atomic E-state index is 11.1. The molecule has 0 atom stereocenters. The van der Waals surface area contributed by atoms with Crippen molar-refractivity contribution in [3.8, 4) is 0 Å². The Hall–Kier alpha value is -0.610. The standard InChI is InChI=1S/C10H22N2O2/c1-10(2,3)8-14-7-9(13)12-6-5-11-4/h11H,5-8H2,1-4H3,(H,12,13). The van der Waals surface area contributed by atoms with Crippen LogP contribution in [0.5, 0.6) is 0 Å². The molecular weight excluding hydrogens is 180 g/mol. The van der Waals surface area contributed by atoms with Gasteiger partial charge in [-0.25, -0.2) is 0 Å². The second kappa shape index (κ2) is 6.79. The Morgan fingerprint density at radius 3 is 2.43 bits per heavy atom. The first kappa shape index (κ1) is 13.4. The van der Waals surface area contributed by atoms with E-state index < -0.39 is 0 Å². The van der Waals surface area contributed by atoms with Crippen LogP contribution in [-0.4, -0.2) is 39.3 Å². The minimum atomic E-state index is -0.0514. The molecule has 0 aromatic carbocycles. The van der Waals surface area contributed by atoms with Gasteiger partial charge in [0.15, 0.2) is 0 Å². The Kier molecular flexibility index (Phi) is 6.49. The van der Waals surface area contributed by atoms with Crippen LogP contribution in [0.3, 0.4) is 0 Å². The molecule has 0 aromatic rings. The number of likely N-dealkylation sites (N-methyl/N-ethyl adjacent to an activating group) is 1. The van der Waals surface area contributed by atoms with Crippen LogP contribution in [0.15, 0.2) is 0 Å². The van der Waals surface area contributed by atoms with E-state index >= 15 is 0 Å². The van der Waals surface area contributed by atoms with Crippen molar-refractivity contribution >= 4 is 5.91 Å². The summed E-state index contributed by atoms with van der Waals surface area (Å²) in [6.45, 7) is 8.41. The highest BCUT2D eigenvalue weighted by Gasteiger charge is 2.11. The lowest BCUT2D eigenvalue weighted by atomic mass is 9.99. The average Bonchev–Trinajstić information content (AvgIpc) is 2.02. The van der Waals surface area contributed by atoms with Crippen molar-refractivity contribution in [3.05, 3.63) is 0 Å². The minimum Gasteiger partial charge on any atom is -0.371 e. The fraction of sp³-hybridized carbons (Fsp3) is 0.900. The lowest BCUT2D eigenvalue weighted by Crippen LogP contribution is -2.33. The van der Waals surface area contributed by atoms with Crippen LogP contribution in [-0.2, 0) is 9.53 Å². The van der Waals surface area contributed by atoms with Crippen molar-refractivity contribution in [3.63, 3.8) is 0 Å². The van der Waals surface area contributed by atoms with E-state index in [9.17, 15) is 4.79 Å². The van der Waals surface area contributed by atoms with E-state index in [-0.39, 0.29) is 17.9 Å². The topological polar surface area (TPSA) is 50.4 Å². The number of rotatable bonds is 6. The third-order valence-electron chi connectivity index (χ3n) is 1.47. The number of hydrogen-bond donors (Lipinski definition) is 2. The zero-order valence-corrected chi connectivity index (χ0v) is 9.64. The van der Waals surface area contributed by atoms with E-state index in [2.05, 4.69) is 31.4 Å². The first-order valence-corrected chi connectivity index (χ1v) is 4.95. The summed E-state index contributed by atoms with van der Waals surface area (Å²) in [5.41, 5.74) is 0.116. The first-order chi connectivity index (χ1) is 6.45. The Balaban J connectivity index is 3.36. The van der Waals surface area contributed by atoms with E-state index in [4.69, 9.17) is 4.74 Å². The summed E-state index contributed by atoms with van der Waals surface area (Å²) in [4.78, 5) is 11.1. The largest absolute Gasteiger partial charge is 0.371 e. The monoisotopic (exact) mass is 202 g/mol. The van der Waals surface area contributed by atoms with Gasteiger partial charge in [-0.15, -0.1) is 0 Å². The molecule has 0 rings (SSSR count). The molecule has 84 valence electrons.